The van der Waals surface area contributed by atoms with Crippen LogP contribution in [0.2, 0.25) is 0 Å². The van der Waals surface area contributed by atoms with Gasteiger partial charge in [-0.1, -0.05) is 0 Å². The fourth-order valence-electron chi connectivity index (χ4n) is 4.50. The predicted octanol–water partition coefficient (Wildman–Crippen LogP) is 8.74. The average Bonchev–Trinajstić information content (AvgIpc) is 3.22. The number of nitrogens with one attached hydrogen (secondary N) is 4. The van der Waals surface area contributed by atoms with E-state index in [4.69, 9.17) is 0 Å². The van der Waals surface area contributed by atoms with Gasteiger partial charge in [0.15, 0.2) is 0 Å². The molecule has 0 aromatic heterocycles. The van der Waals surface area contributed by atoms with Crippen LogP contribution >= 0.6 is 35.4 Å². The van der Waals surface area contributed by atoms with Gasteiger partial charge in [0.2, 0.25) is 0 Å². The van der Waals surface area contributed by atoms with Crippen LogP contribution in [0.15, 0.2) is 192 Å². The molecule has 0 aliphatic rings. The van der Waals surface area contributed by atoms with E-state index in [1.165, 1.54) is 31.3 Å². The van der Waals surface area contributed by atoms with Crippen LogP contribution in [0.25, 0.3) is 0 Å². The number of hydrogen-bond acceptors (Lipinski definition) is 8. The van der Waals surface area contributed by atoms with Crippen LogP contribution in [0.1, 0.15) is 0 Å². The van der Waals surface area contributed by atoms with Gasteiger partial charge in [0, 0.05) is 0 Å². The van der Waals surface area contributed by atoms with Crippen LogP contribution in [-0.4, -0.2) is 58.4 Å². The number of anilines is 4. The Labute approximate surface area is 352 Å². The molecule has 0 heterocycles. The van der Waals surface area contributed by atoms with E-state index in [1.54, 1.807) is 0 Å². The second kappa shape index (κ2) is 22.1. The monoisotopic (exact) mass is 1030 g/mol. The molecule has 282 valence electrons. The topological polar surface area (TPSA) is 116 Å². The average molecular weight is 1030 g/mol. The summed E-state index contributed by atoms with van der Waals surface area (Å²) in [5.74, 6) is -1.03. The molecule has 14 heteroatoms. The predicted molar refractivity (Wildman–Crippen MR) is 242 cm³/mol. The molecule has 0 saturated heterocycles. The maximum absolute atomic E-state index is 11.8. The van der Waals surface area contributed by atoms with Crippen molar-refractivity contribution in [3.05, 3.63) is 172 Å². The van der Waals surface area contributed by atoms with Crippen LogP contribution in [0.5, 0.6) is 0 Å². The number of benzene rings is 5. The molecule has 0 fully saturated rings. The fourth-order valence-corrected chi connectivity index (χ4v) is 35.7. The van der Waals surface area contributed by atoms with E-state index in [1.807, 2.05) is 132 Å². The van der Waals surface area contributed by atoms with Crippen molar-refractivity contribution in [3.63, 3.8) is 0 Å². The van der Waals surface area contributed by atoms with Gasteiger partial charge in [-0.25, -0.2) is 0 Å². The quantitative estimate of drug-likeness (QED) is 0.0509. The van der Waals surface area contributed by atoms with Gasteiger partial charge >= 0.3 is 356 Å². The van der Waals surface area contributed by atoms with Gasteiger partial charge in [0.25, 0.3) is 0 Å². The third kappa shape index (κ3) is 13.6. The molecular weight excluding hydrogens is 996 g/mol. The summed E-state index contributed by atoms with van der Waals surface area (Å²) in [4.78, 5) is 51.8. The molecule has 5 rings (SSSR count). The summed E-state index contributed by atoms with van der Waals surface area (Å²) >= 11 is -4.80. The minimum atomic E-state index is -2.40. The third-order valence-electron chi connectivity index (χ3n) is 7.25. The molecule has 0 unspecified atom stereocenters. The van der Waals surface area contributed by atoms with Gasteiger partial charge in [-0.2, -0.15) is 0 Å². The van der Waals surface area contributed by atoms with Crippen molar-refractivity contribution >= 4 is 124 Å². The normalized spacial score (nSPS) is 10.6. The first-order valence-corrected chi connectivity index (χ1v) is 34.9. The van der Waals surface area contributed by atoms with Crippen molar-refractivity contribution in [1.82, 2.24) is 0 Å². The molecule has 0 bridgehead atoms. The molecule has 0 aliphatic heterocycles. The summed E-state index contributed by atoms with van der Waals surface area (Å²) in [6.45, 7) is 14.1. The number of rotatable bonds is 18. The Kier molecular flexibility index (Phi) is 17.0. The Balaban J connectivity index is 1.42. The number of hydrogen-bond donors (Lipinski definition) is 4. The van der Waals surface area contributed by atoms with Crippen LogP contribution in [0, 0.1) is 0 Å². The Morgan fingerprint density at radius 3 is 0.732 bits per heavy atom. The summed E-state index contributed by atoms with van der Waals surface area (Å²) in [5, 5.41) is 11.2. The van der Waals surface area contributed by atoms with Crippen molar-refractivity contribution in [1.29, 1.82) is 0 Å². The molecule has 4 N–H and O–H groups in total. The SMILES string of the molecule is C=CC(=O)Nc1ccc([S][Sb]([S]c2ccc(NC(=O)C=C)cc2)[c]2cc[c]([Sb]([S]c3ccc(NC(=O)C=C)cc3)[S]c3ccc(NC(=O)C=C)cc3)cc2)cc1. The molecule has 56 heavy (non-hydrogen) atoms. The van der Waals surface area contributed by atoms with Crippen LogP contribution in [0.4, 0.5) is 22.7 Å². The number of carbonyl (C=O) groups excluding carboxylic acids is 4. The molecule has 5 aromatic rings. The van der Waals surface area contributed by atoms with Gasteiger partial charge < -0.3 is 0 Å². The number of carbonyl (C=O) groups is 4. The molecule has 0 atom stereocenters. The first kappa shape index (κ1) is 43.1. The third-order valence-corrected chi connectivity index (χ3v) is 38.5. The first-order chi connectivity index (χ1) is 27.1. The molecule has 8 nitrogen and oxygen atoms in total. The molecule has 0 spiro atoms. The zero-order valence-corrected chi connectivity index (χ0v) is 38.2. The Bertz CT molecular complexity index is 1910. The van der Waals surface area contributed by atoms with Crippen LogP contribution in [-0.2, 0) is 19.2 Å². The summed E-state index contributed by atoms with van der Waals surface area (Å²) < 4.78 is 2.61. The van der Waals surface area contributed by atoms with Crippen LogP contribution in [0.3, 0.4) is 0 Å². The van der Waals surface area contributed by atoms with E-state index >= 15 is 0 Å². The van der Waals surface area contributed by atoms with Crippen molar-refractivity contribution in [2.75, 3.05) is 21.3 Å². The van der Waals surface area contributed by atoms with E-state index in [-0.39, 0.29) is 23.6 Å². The first-order valence-electron chi connectivity index (χ1n) is 16.7. The zero-order valence-electron chi connectivity index (χ0n) is 29.8. The summed E-state index contributed by atoms with van der Waals surface area (Å²) in [6.07, 6.45) is 4.99. The van der Waals surface area contributed by atoms with E-state index in [9.17, 15) is 19.2 Å². The zero-order chi connectivity index (χ0) is 39.9. The summed E-state index contributed by atoms with van der Waals surface area (Å²) in [5.41, 5.74) is 2.82. The van der Waals surface area contributed by atoms with Crippen molar-refractivity contribution in [2.45, 2.75) is 19.6 Å². The maximum atomic E-state index is 11.8. The van der Waals surface area contributed by atoms with Crippen LogP contribution < -0.4 is 28.3 Å². The molecule has 0 saturated carbocycles. The standard InChI is InChI=1S/4C9H9NOS.C6H4.2Sb/c4*1-2-9(11)10-7-3-5-8(12)6-4-7;1-2-4-6-5-3-1;;/h4*2-6,12H,1H2,(H,10,11);1-2,5-6H;;/q;;;;;2*+2/p-4. The molecule has 4 amide bonds. The molecule has 0 aliphatic carbocycles. The van der Waals surface area contributed by atoms with Crippen molar-refractivity contribution in [3.8, 4) is 0 Å². The van der Waals surface area contributed by atoms with Crippen molar-refractivity contribution < 1.29 is 19.2 Å². The Morgan fingerprint density at radius 1 is 0.357 bits per heavy atom. The van der Waals surface area contributed by atoms with Crippen molar-refractivity contribution in [2.24, 2.45) is 0 Å². The van der Waals surface area contributed by atoms with Gasteiger partial charge in [-0.3, -0.25) is 0 Å². The second-order valence-corrected chi connectivity index (χ2v) is 38.9. The Morgan fingerprint density at radius 2 is 0.554 bits per heavy atom. The molecule has 0 radical (unpaired) electrons. The minimum absolute atomic E-state index is 0.258. The molecule has 5 aromatic carbocycles. The number of amides is 4. The van der Waals surface area contributed by atoms with E-state index < -0.39 is 34.8 Å². The summed E-state index contributed by atoms with van der Waals surface area (Å²) in [7, 11) is 7.54. The molecular formula is C42H36N4O4S4Sb2. The van der Waals surface area contributed by atoms with Gasteiger partial charge in [-0.05, 0) is 0 Å². The van der Waals surface area contributed by atoms with E-state index in [0.29, 0.717) is 22.7 Å². The summed E-state index contributed by atoms with van der Waals surface area (Å²) in [6, 6.07) is 40.6. The second-order valence-electron chi connectivity index (χ2n) is 11.3. The van der Waals surface area contributed by atoms with Gasteiger partial charge in [0.1, 0.15) is 0 Å². The van der Waals surface area contributed by atoms with Gasteiger partial charge in [0.05, 0.1) is 0 Å². The Hall–Kier alpha value is -4.02. The van der Waals surface area contributed by atoms with Gasteiger partial charge in [-0.15, -0.1) is 0 Å². The van der Waals surface area contributed by atoms with E-state index in [2.05, 4.69) is 71.8 Å². The van der Waals surface area contributed by atoms with E-state index in [0.717, 1.165) is 19.6 Å². The fraction of sp³-hybridized carbons (Fsp3) is 0.